The van der Waals surface area contributed by atoms with Gasteiger partial charge in [-0.15, -0.1) is 0 Å². The van der Waals surface area contributed by atoms with E-state index in [4.69, 9.17) is 5.73 Å². The summed E-state index contributed by atoms with van der Waals surface area (Å²) in [6.45, 7) is 2.05. The van der Waals surface area contributed by atoms with E-state index in [9.17, 15) is 9.90 Å². The number of rotatable bonds is 2. The molecule has 1 aliphatic rings. The number of carbonyl (C=O) groups is 1. The Kier molecular flexibility index (Phi) is 2.68. The second kappa shape index (κ2) is 3.87. The van der Waals surface area contributed by atoms with Crippen LogP contribution in [0.3, 0.4) is 0 Å². The number of fused-ring (bicyclic) bond motifs is 1. The predicted octanol–water partition coefficient (Wildman–Crippen LogP) is 1.06. The number of nitrogens with zero attached hydrogens (tertiary/aromatic N) is 1. The van der Waals surface area contributed by atoms with Gasteiger partial charge in [0, 0.05) is 5.41 Å². The largest absolute Gasteiger partial charge is 0.395 e. The fourth-order valence-electron chi connectivity index (χ4n) is 2.34. The lowest BCUT2D eigenvalue weighted by molar-refractivity contribution is 0.112. The third-order valence-corrected chi connectivity index (χ3v) is 3.38. The van der Waals surface area contributed by atoms with Gasteiger partial charge in [-0.25, -0.2) is 4.98 Å². The SMILES string of the molecule is CC1(CO)CCCc2cc(C=O)c(N)nc21. The van der Waals surface area contributed by atoms with Crippen LogP contribution in [0.1, 0.15) is 41.4 Å². The van der Waals surface area contributed by atoms with Gasteiger partial charge in [-0.2, -0.15) is 0 Å². The van der Waals surface area contributed by atoms with Gasteiger partial charge in [0.05, 0.1) is 17.9 Å². The van der Waals surface area contributed by atoms with Gasteiger partial charge in [0.25, 0.3) is 0 Å². The summed E-state index contributed by atoms with van der Waals surface area (Å²) in [4.78, 5) is 15.1. The van der Waals surface area contributed by atoms with Crippen LogP contribution in [0.25, 0.3) is 0 Å². The zero-order chi connectivity index (χ0) is 11.8. The van der Waals surface area contributed by atoms with Crippen molar-refractivity contribution in [3.63, 3.8) is 0 Å². The first-order valence-corrected chi connectivity index (χ1v) is 5.46. The van der Waals surface area contributed by atoms with Gasteiger partial charge in [0.2, 0.25) is 0 Å². The van der Waals surface area contributed by atoms with E-state index >= 15 is 0 Å². The first kappa shape index (κ1) is 11.1. The van der Waals surface area contributed by atoms with Crippen LogP contribution in [0.15, 0.2) is 6.07 Å². The van der Waals surface area contributed by atoms with Crippen LogP contribution >= 0.6 is 0 Å². The summed E-state index contributed by atoms with van der Waals surface area (Å²) >= 11 is 0. The minimum Gasteiger partial charge on any atom is -0.395 e. The van der Waals surface area contributed by atoms with Gasteiger partial charge < -0.3 is 10.8 Å². The van der Waals surface area contributed by atoms with E-state index in [1.54, 1.807) is 6.07 Å². The third-order valence-electron chi connectivity index (χ3n) is 3.38. The minimum atomic E-state index is -0.316. The highest BCUT2D eigenvalue weighted by atomic mass is 16.3. The fraction of sp³-hybridized carbons (Fsp3) is 0.500. The van der Waals surface area contributed by atoms with Crippen molar-refractivity contribution in [2.75, 3.05) is 12.3 Å². The molecule has 1 aromatic heterocycles. The number of aliphatic hydroxyl groups excluding tert-OH is 1. The highest BCUT2D eigenvalue weighted by Gasteiger charge is 2.33. The van der Waals surface area contributed by atoms with Crippen LogP contribution < -0.4 is 5.73 Å². The van der Waals surface area contributed by atoms with Crippen molar-refractivity contribution in [3.8, 4) is 0 Å². The second-order valence-electron chi connectivity index (χ2n) is 4.66. The standard InChI is InChI=1S/C12H16N2O2/c1-12(7-16)4-2-3-8-5-9(6-15)11(13)14-10(8)12/h5-6,16H,2-4,7H2,1H3,(H2,13,14). The molecule has 3 N–H and O–H groups in total. The topological polar surface area (TPSA) is 76.2 Å². The molecule has 0 spiro atoms. The van der Waals surface area contributed by atoms with Crippen molar-refractivity contribution in [1.82, 2.24) is 4.98 Å². The maximum Gasteiger partial charge on any atom is 0.153 e. The zero-order valence-electron chi connectivity index (χ0n) is 9.36. The lowest BCUT2D eigenvalue weighted by Gasteiger charge is -2.33. The molecule has 0 radical (unpaired) electrons. The molecule has 1 unspecified atom stereocenters. The lowest BCUT2D eigenvalue weighted by Crippen LogP contribution is -2.33. The van der Waals surface area contributed by atoms with Gasteiger partial charge in [0.15, 0.2) is 6.29 Å². The number of aromatic nitrogens is 1. The molecule has 0 saturated heterocycles. The van der Waals surface area contributed by atoms with Crippen LogP contribution in [0.5, 0.6) is 0 Å². The van der Waals surface area contributed by atoms with Gasteiger partial charge in [-0.05, 0) is 30.9 Å². The molecule has 0 aromatic carbocycles. The Balaban J connectivity index is 2.58. The monoisotopic (exact) mass is 220 g/mol. The fourth-order valence-corrected chi connectivity index (χ4v) is 2.34. The van der Waals surface area contributed by atoms with E-state index in [1.807, 2.05) is 6.92 Å². The Hall–Kier alpha value is -1.42. The molecule has 0 amide bonds. The number of anilines is 1. The van der Waals surface area contributed by atoms with Crippen molar-refractivity contribution in [2.45, 2.75) is 31.6 Å². The Morgan fingerprint density at radius 3 is 3.06 bits per heavy atom. The number of nitrogens with two attached hydrogens (primary N) is 1. The molecule has 86 valence electrons. The maximum atomic E-state index is 10.8. The van der Waals surface area contributed by atoms with Crippen molar-refractivity contribution in [3.05, 3.63) is 22.9 Å². The van der Waals surface area contributed by atoms with E-state index < -0.39 is 0 Å². The molecule has 4 heteroatoms. The van der Waals surface area contributed by atoms with Crippen LogP contribution in [0.2, 0.25) is 0 Å². The quantitative estimate of drug-likeness (QED) is 0.731. The Morgan fingerprint density at radius 1 is 1.69 bits per heavy atom. The number of pyridine rings is 1. The summed E-state index contributed by atoms with van der Waals surface area (Å²) in [7, 11) is 0. The van der Waals surface area contributed by atoms with Crippen molar-refractivity contribution in [1.29, 1.82) is 0 Å². The molecule has 1 aromatic rings. The predicted molar refractivity (Wildman–Crippen MR) is 61.4 cm³/mol. The summed E-state index contributed by atoms with van der Waals surface area (Å²) in [5.41, 5.74) is 7.73. The Labute approximate surface area is 94.5 Å². The molecule has 0 bridgehead atoms. The number of aryl methyl sites for hydroxylation is 1. The molecule has 1 aliphatic carbocycles. The molecule has 2 rings (SSSR count). The van der Waals surface area contributed by atoms with Crippen LogP contribution in [0, 0.1) is 0 Å². The summed E-state index contributed by atoms with van der Waals surface area (Å²) in [6.07, 6.45) is 3.55. The second-order valence-corrected chi connectivity index (χ2v) is 4.66. The molecular formula is C12H16N2O2. The molecule has 0 saturated carbocycles. The number of aldehydes is 1. The number of aliphatic hydroxyl groups is 1. The number of nitrogen functional groups attached to an aromatic ring is 1. The number of hydrogen-bond donors (Lipinski definition) is 2. The van der Waals surface area contributed by atoms with Gasteiger partial charge >= 0.3 is 0 Å². The summed E-state index contributed by atoms with van der Waals surface area (Å²) < 4.78 is 0. The first-order chi connectivity index (χ1) is 7.60. The van der Waals surface area contributed by atoms with Crippen LogP contribution in [-0.2, 0) is 11.8 Å². The van der Waals surface area contributed by atoms with Crippen molar-refractivity contribution >= 4 is 12.1 Å². The van der Waals surface area contributed by atoms with E-state index in [-0.39, 0.29) is 17.8 Å². The number of hydrogen-bond acceptors (Lipinski definition) is 4. The van der Waals surface area contributed by atoms with Crippen molar-refractivity contribution < 1.29 is 9.90 Å². The van der Waals surface area contributed by atoms with Crippen molar-refractivity contribution in [2.24, 2.45) is 0 Å². The summed E-state index contributed by atoms with van der Waals surface area (Å²) in [6, 6.07) is 1.80. The van der Waals surface area contributed by atoms with Gasteiger partial charge in [-0.3, -0.25) is 4.79 Å². The normalized spacial score (nSPS) is 23.9. The highest BCUT2D eigenvalue weighted by molar-refractivity contribution is 5.82. The summed E-state index contributed by atoms with van der Waals surface area (Å²) in [5, 5.41) is 9.46. The zero-order valence-corrected chi connectivity index (χ0v) is 9.36. The lowest BCUT2D eigenvalue weighted by atomic mass is 9.74. The molecule has 16 heavy (non-hydrogen) atoms. The smallest absolute Gasteiger partial charge is 0.153 e. The van der Waals surface area contributed by atoms with Crippen LogP contribution in [0.4, 0.5) is 5.82 Å². The highest BCUT2D eigenvalue weighted by Crippen LogP contribution is 2.36. The first-order valence-electron chi connectivity index (χ1n) is 5.46. The number of carbonyl (C=O) groups excluding carboxylic acids is 1. The Bertz CT molecular complexity index is 431. The minimum absolute atomic E-state index is 0.0624. The molecule has 4 nitrogen and oxygen atoms in total. The molecule has 1 heterocycles. The van der Waals surface area contributed by atoms with Crippen LogP contribution in [-0.4, -0.2) is 23.0 Å². The van der Waals surface area contributed by atoms with E-state index in [2.05, 4.69) is 4.98 Å². The Morgan fingerprint density at radius 2 is 2.44 bits per heavy atom. The maximum absolute atomic E-state index is 10.8. The summed E-state index contributed by atoms with van der Waals surface area (Å²) in [5.74, 6) is 0.260. The average molecular weight is 220 g/mol. The van der Waals surface area contributed by atoms with E-state index in [0.717, 1.165) is 36.8 Å². The van der Waals surface area contributed by atoms with E-state index in [0.29, 0.717) is 5.56 Å². The average Bonchev–Trinajstić information content (AvgIpc) is 2.30. The molecule has 0 aliphatic heterocycles. The molecule has 1 atom stereocenters. The third kappa shape index (κ3) is 1.59. The van der Waals surface area contributed by atoms with Gasteiger partial charge in [0.1, 0.15) is 5.82 Å². The molecule has 0 fully saturated rings. The molecular weight excluding hydrogens is 204 g/mol. The van der Waals surface area contributed by atoms with Gasteiger partial charge in [-0.1, -0.05) is 6.92 Å². The van der Waals surface area contributed by atoms with E-state index in [1.165, 1.54) is 0 Å².